The van der Waals surface area contributed by atoms with Gasteiger partial charge in [0.25, 0.3) is 0 Å². The summed E-state index contributed by atoms with van der Waals surface area (Å²) in [5.74, 6) is 0.853. The number of hydrogen-bond acceptors (Lipinski definition) is 7. The highest BCUT2D eigenvalue weighted by Gasteiger charge is 2.20. The molecular weight excluding hydrogens is 290 g/mol. The quantitative estimate of drug-likeness (QED) is 0.546. The van der Waals surface area contributed by atoms with Crippen LogP contribution in [0.15, 0.2) is 0 Å². The van der Waals surface area contributed by atoms with Crippen molar-refractivity contribution >= 4 is 23.5 Å². The zero-order chi connectivity index (χ0) is 16.1. The fourth-order valence-electron chi connectivity index (χ4n) is 1.99. The Kier molecular flexibility index (Phi) is 6.12. The first-order valence-corrected chi connectivity index (χ1v) is 7.53. The Morgan fingerprint density at radius 3 is 1.52 bits per heavy atom. The van der Waals surface area contributed by atoms with Crippen LogP contribution in [0.3, 0.4) is 0 Å². The molecular formula is C13H26ClN7. The van der Waals surface area contributed by atoms with E-state index in [1.165, 1.54) is 0 Å². The maximum Gasteiger partial charge on any atom is 0.230 e. The van der Waals surface area contributed by atoms with Crippen molar-refractivity contribution in [1.82, 2.24) is 25.6 Å². The molecule has 1 rings (SSSR count). The van der Waals surface area contributed by atoms with Crippen LogP contribution >= 0.6 is 11.6 Å². The molecule has 0 aliphatic heterocycles. The molecule has 0 saturated heterocycles. The van der Waals surface area contributed by atoms with Gasteiger partial charge in [-0.1, -0.05) is 13.8 Å². The summed E-state index contributed by atoms with van der Waals surface area (Å²) < 4.78 is 0. The van der Waals surface area contributed by atoms with Crippen molar-refractivity contribution in [3.63, 3.8) is 0 Å². The molecule has 120 valence electrons. The van der Waals surface area contributed by atoms with E-state index in [4.69, 9.17) is 11.6 Å². The highest BCUT2D eigenvalue weighted by Crippen LogP contribution is 2.15. The Bertz CT molecular complexity index is 424. The largest absolute Gasteiger partial charge is 0.337 e. The zero-order valence-electron chi connectivity index (χ0n) is 13.6. The number of nitrogens with zero attached hydrogens (tertiary/aromatic N) is 3. The molecule has 0 saturated carbocycles. The maximum atomic E-state index is 5.98. The van der Waals surface area contributed by atoms with Crippen LogP contribution in [0.25, 0.3) is 0 Å². The Hall–Kier alpha value is -1.18. The van der Waals surface area contributed by atoms with E-state index in [1.54, 1.807) is 0 Å². The SMILES string of the molecule is CCNC(C)(C)Nc1nc(Cl)nc(NC(C)(C)NCC)n1. The first-order chi connectivity index (χ1) is 9.67. The van der Waals surface area contributed by atoms with Crippen molar-refractivity contribution in [1.29, 1.82) is 0 Å². The molecule has 4 N–H and O–H groups in total. The van der Waals surface area contributed by atoms with Crippen LogP contribution < -0.4 is 21.3 Å². The first kappa shape index (κ1) is 17.9. The van der Waals surface area contributed by atoms with E-state index in [0.29, 0.717) is 11.9 Å². The van der Waals surface area contributed by atoms with E-state index in [0.717, 1.165) is 13.1 Å². The lowest BCUT2D eigenvalue weighted by Gasteiger charge is -2.29. The fourth-order valence-corrected chi connectivity index (χ4v) is 2.15. The number of hydrogen-bond donors (Lipinski definition) is 4. The fraction of sp³-hybridized carbons (Fsp3) is 0.769. The van der Waals surface area contributed by atoms with Gasteiger partial charge in [0.05, 0.1) is 11.3 Å². The molecule has 0 fully saturated rings. The third-order valence-electron chi connectivity index (χ3n) is 2.69. The summed E-state index contributed by atoms with van der Waals surface area (Å²) in [6.07, 6.45) is 0. The second-order valence-corrected chi connectivity index (χ2v) is 6.15. The standard InChI is InChI=1S/C13H26ClN7/c1-7-15-12(3,4)20-10-17-9(14)18-11(19-10)21-13(5,6)16-8-2/h15-16H,7-8H2,1-6H3,(H2,17,18,19,20,21). The Morgan fingerprint density at radius 1 is 0.810 bits per heavy atom. The number of anilines is 2. The Labute approximate surface area is 131 Å². The predicted octanol–water partition coefficient (Wildman–Crippen LogP) is 2.04. The van der Waals surface area contributed by atoms with Crippen LogP contribution in [0, 0.1) is 0 Å². The van der Waals surface area contributed by atoms with Gasteiger partial charge in [-0.3, -0.25) is 10.6 Å². The van der Waals surface area contributed by atoms with Gasteiger partial charge in [-0.15, -0.1) is 0 Å². The first-order valence-electron chi connectivity index (χ1n) is 7.15. The van der Waals surface area contributed by atoms with Gasteiger partial charge in [0.15, 0.2) is 0 Å². The smallest absolute Gasteiger partial charge is 0.230 e. The van der Waals surface area contributed by atoms with Crippen LogP contribution in [0.5, 0.6) is 0 Å². The Balaban J connectivity index is 2.90. The highest BCUT2D eigenvalue weighted by atomic mass is 35.5. The van der Waals surface area contributed by atoms with Crippen molar-refractivity contribution in [2.75, 3.05) is 23.7 Å². The van der Waals surface area contributed by atoms with E-state index in [9.17, 15) is 0 Å². The molecule has 0 atom stereocenters. The lowest BCUT2D eigenvalue weighted by Crippen LogP contribution is -2.47. The molecule has 1 aromatic rings. The van der Waals surface area contributed by atoms with Gasteiger partial charge in [0, 0.05) is 0 Å². The number of aromatic nitrogens is 3. The maximum absolute atomic E-state index is 5.98. The Morgan fingerprint density at radius 2 is 1.19 bits per heavy atom. The van der Waals surface area contributed by atoms with Crippen LogP contribution in [0.2, 0.25) is 5.28 Å². The van der Waals surface area contributed by atoms with E-state index in [-0.39, 0.29) is 16.6 Å². The average molecular weight is 316 g/mol. The molecule has 0 radical (unpaired) electrons. The lowest BCUT2D eigenvalue weighted by atomic mass is 10.2. The summed E-state index contributed by atoms with van der Waals surface area (Å²) >= 11 is 5.98. The number of nitrogens with one attached hydrogen (secondary N) is 4. The second kappa shape index (κ2) is 7.20. The van der Waals surface area contributed by atoms with Gasteiger partial charge >= 0.3 is 0 Å². The lowest BCUT2D eigenvalue weighted by molar-refractivity contribution is 0.446. The minimum absolute atomic E-state index is 0.148. The van der Waals surface area contributed by atoms with E-state index in [2.05, 4.69) is 36.2 Å². The molecule has 21 heavy (non-hydrogen) atoms. The van der Waals surface area contributed by atoms with Gasteiger partial charge in [0.2, 0.25) is 17.2 Å². The van der Waals surface area contributed by atoms with Crippen molar-refractivity contribution in [2.24, 2.45) is 0 Å². The third-order valence-corrected chi connectivity index (χ3v) is 2.86. The third kappa shape index (κ3) is 6.41. The summed E-state index contributed by atoms with van der Waals surface area (Å²) in [4.78, 5) is 12.6. The monoisotopic (exact) mass is 315 g/mol. The molecule has 0 aliphatic rings. The van der Waals surface area contributed by atoms with Crippen LogP contribution in [0.4, 0.5) is 11.9 Å². The van der Waals surface area contributed by atoms with Gasteiger partial charge in [-0.25, -0.2) is 0 Å². The summed E-state index contributed by atoms with van der Waals surface area (Å²) in [5, 5.41) is 13.1. The van der Waals surface area contributed by atoms with E-state index < -0.39 is 0 Å². The van der Waals surface area contributed by atoms with E-state index >= 15 is 0 Å². The molecule has 0 aromatic carbocycles. The highest BCUT2D eigenvalue weighted by molar-refractivity contribution is 6.28. The minimum atomic E-state index is -0.339. The van der Waals surface area contributed by atoms with Gasteiger partial charge < -0.3 is 10.6 Å². The van der Waals surface area contributed by atoms with Crippen molar-refractivity contribution in [3.05, 3.63) is 5.28 Å². The van der Waals surface area contributed by atoms with Crippen LogP contribution in [-0.4, -0.2) is 39.4 Å². The van der Waals surface area contributed by atoms with Gasteiger partial charge in [0.1, 0.15) is 0 Å². The number of halogens is 1. The molecule has 0 bridgehead atoms. The van der Waals surface area contributed by atoms with Crippen molar-refractivity contribution in [2.45, 2.75) is 52.9 Å². The molecule has 0 unspecified atom stereocenters. The molecule has 1 aromatic heterocycles. The van der Waals surface area contributed by atoms with Gasteiger partial charge in [-0.2, -0.15) is 15.0 Å². The molecule has 0 spiro atoms. The molecule has 8 heteroatoms. The molecule has 7 nitrogen and oxygen atoms in total. The van der Waals surface area contributed by atoms with Gasteiger partial charge in [-0.05, 0) is 52.4 Å². The summed E-state index contributed by atoms with van der Waals surface area (Å²) in [5.41, 5.74) is -0.679. The van der Waals surface area contributed by atoms with Crippen molar-refractivity contribution < 1.29 is 0 Å². The predicted molar refractivity (Wildman–Crippen MR) is 87.6 cm³/mol. The topological polar surface area (TPSA) is 86.8 Å². The average Bonchev–Trinajstić information content (AvgIpc) is 2.25. The van der Waals surface area contributed by atoms with Crippen LogP contribution in [0.1, 0.15) is 41.5 Å². The molecule has 1 heterocycles. The number of rotatable bonds is 8. The molecule has 0 aliphatic carbocycles. The van der Waals surface area contributed by atoms with E-state index in [1.807, 2.05) is 41.5 Å². The minimum Gasteiger partial charge on any atom is -0.337 e. The second-order valence-electron chi connectivity index (χ2n) is 5.81. The molecule has 0 amide bonds. The van der Waals surface area contributed by atoms with Crippen molar-refractivity contribution in [3.8, 4) is 0 Å². The normalized spacial score (nSPS) is 12.3. The zero-order valence-corrected chi connectivity index (χ0v) is 14.4. The summed E-state index contributed by atoms with van der Waals surface area (Å²) in [7, 11) is 0. The summed E-state index contributed by atoms with van der Waals surface area (Å²) in [6, 6.07) is 0. The van der Waals surface area contributed by atoms with Crippen LogP contribution in [-0.2, 0) is 0 Å². The summed E-state index contributed by atoms with van der Waals surface area (Å²) in [6.45, 7) is 13.8.